The number of nitrogens with zero attached hydrogens (tertiary/aromatic N) is 1. The van der Waals surface area contributed by atoms with Crippen LogP contribution < -0.4 is 5.32 Å². The molecular formula is C11H13FN2. The molecule has 0 saturated heterocycles. The van der Waals surface area contributed by atoms with Crippen molar-refractivity contribution < 1.29 is 4.39 Å². The molecule has 0 radical (unpaired) electrons. The molecule has 0 aliphatic heterocycles. The Bertz CT molecular complexity index is 343. The van der Waals surface area contributed by atoms with Gasteiger partial charge in [0.05, 0.1) is 12.1 Å². The van der Waals surface area contributed by atoms with Crippen molar-refractivity contribution in [3.63, 3.8) is 0 Å². The SMILES string of the molecule is CC(C#N)N[C@H](C)c1cccc(F)c1. The van der Waals surface area contributed by atoms with E-state index in [0.29, 0.717) is 0 Å². The van der Waals surface area contributed by atoms with Crippen molar-refractivity contribution in [1.82, 2.24) is 5.32 Å². The van der Waals surface area contributed by atoms with E-state index in [9.17, 15) is 4.39 Å². The van der Waals surface area contributed by atoms with Gasteiger partial charge in [-0.1, -0.05) is 12.1 Å². The summed E-state index contributed by atoms with van der Waals surface area (Å²) in [6.07, 6.45) is 0. The maximum absolute atomic E-state index is 12.9. The highest BCUT2D eigenvalue weighted by atomic mass is 19.1. The number of nitriles is 1. The largest absolute Gasteiger partial charge is 0.296 e. The zero-order valence-electron chi connectivity index (χ0n) is 8.29. The van der Waals surface area contributed by atoms with Crippen LogP contribution in [0.5, 0.6) is 0 Å². The van der Waals surface area contributed by atoms with Crippen LogP contribution in [0.25, 0.3) is 0 Å². The van der Waals surface area contributed by atoms with E-state index in [4.69, 9.17) is 5.26 Å². The summed E-state index contributed by atoms with van der Waals surface area (Å²) in [4.78, 5) is 0. The fourth-order valence-corrected chi connectivity index (χ4v) is 1.28. The molecule has 14 heavy (non-hydrogen) atoms. The Morgan fingerprint density at radius 3 is 2.71 bits per heavy atom. The highest BCUT2D eigenvalue weighted by Gasteiger charge is 2.08. The van der Waals surface area contributed by atoms with Crippen molar-refractivity contribution in [3.05, 3.63) is 35.6 Å². The molecule has 1 aromatic rings. The van der Waals surface area contributed by atoms with Crippen LogP contribution in [0, 0.1) is 17.1 Å². The van der Waals surface area contributed by atoms with Gasteiger partial charge in [0.25, 0.3) is 0 Å². The first kappa shape index (κ1) is 10.7. The van der Waals surface area contributed by atoms with Crippen LogP contribution in [0.1, 0.15) is 25.5 Å². The number of hydrogen-bond donors (Lipinski definition) is 1. The third kappa shape index (κ3) is 2.82. The van der Waals surface area contributed by atoms with Crippen LogP contribution in [0.2, 0.25) is 0 Å². The van der Waals surface area contributed by atoms with Gasteiger partial charge in [0.1, 0.15) is 5.82 Å². The Balaban J connectivity index is 2.70. The summed E-state index contributed by atoms with van der Waals surface area (Å²) in [5.74, 6) is -0.249. The fraction of sp³-hybridized carbons (Fsp3) is 0.364. The van der Waals surface area contributed by atoms with Gasteiger partial charge in [-0.2, -0.15) is 5.26 Å². The van der Waals surface area contributed by atoms with Gasteiger partial charge >= 0.3 is 0 Å². The molecule has 0 aliphatic rings. The Morgan fingerprint density at radius 2 is 2.14 bits per heavy atom. The molecule has 74 valence electrons. The highest BCUT2D eigenvalue weighted by molar-refractivity contribution is 5.19. The first-order chi connectivity index (χ1) is 6.63. The number of benzene rings is 1. The van der Waals surface area contributed by atoms with Crippen molar-refractivity contribution in [2.24, 2.45) is 0 Å². The lowest BCUT2D eigenvalue weighted by molar-refractivity contribution is 0.537. The van der Waals surface area contributed by atoms with Gasteiger partial charge in [-0.15, -0.1) is 0 Å². The average Bonchev–Trinajstić information content (AvgIpc) is 2.17. The van der Waals surface area contributed by atoms with Gasteiger partial charge in [0.15, 0.2) is 0 Å². The Labute approximate surface area is 83.4 Å². The minimum atomic E-state index is -0.249. The molecule has 0 amide bonds. The predicted molar refractivity (Wildman–Crippen MR) is 53.0 cm³/mol. The average molecular weight is 192 g/mol. The molecule has 1 aromatic carbocycles. The summed E-state index contributed by atoms with van der Waals surface area (Å²) < 4.78 is 12.9. The van der Waals surface area contributed by atoms with Crippen LogP contribution in [-0.4, -0.2) is 6.04 Å². The number of hydrogen-bond acceptors (Lipinski definition) is 2. The number of halogens is 1. The zero-order valence-corrected chi connectivity index (χ0v) is 8.29. The van der Waals surface area contributed by atoms with Gasteiger partial charge in [-0.05, 0) is 31.5 Å². The van der Waals surface area contributed by atoms with Crippen LogP contribution in [0.3, 0.4) is 0 Å². The summed E-state index contributed by atoms with van der Waals surface area (Å²) in [6, 6.07) is 8.22. The van der Waals surface area contributed by atoms with Gasteiger partial charge in [0, 0.05) is 6.04 Å². The minimum absolute atomic E-state index is 0.0136. The van der Waals surface area contributed by atoms with Gasteiger partial charge in [0.2, 0.25) is 0 Å². The molecule has 0 fully saturated rings. The molecule has 0 aromatic heterocycles. The normalized spacial score (nSPS) is 14.4. The molecule has 0 spiro atoms. The maximum Gasteiger partial charge on any atom is 0.123 e. The second kappa shape index (κ2) is 4.73. The van der Waals surface area contributed by atoms with E-state index in [0.717, 1.165) is 5.56 Å². The highest BCUT2D eigenvalue weighted by Crippen LogP contribution is 2.13. The first-order valence-corrected chi connectivity index (χ1v) is 4.54. The van der Waals surface area contributed by atoms with Crippen molar-refractivity contribution in [1.29, 1.82) is 5.26 Å². The Morgan fingerprint density at radius 1 is 1.43 bits per heavy atom. The minimum Gasteiger partial charge on any atom is -0.296 e. The van der Waals surface area contributed by atoms with E-state index in [1.807, 2.05) is 13.0 Å². The number of nitrogens with one attached hydrogen (secondary N) is 1. The molecule has 1 N–H and O–H groups in total. The Hall–Kier alpha value is -1.40. The lowest BCUT2D eigenvalue weighted by atomic mass is 10.1. The third-order valence-corrected chi connectivity index (χ3v) is 2.04. The van der Waals surface area contributed by atoms with Crippen molar-refractivity contribution in [3.8, 4) is 6.07 Å². The third-order valence-electron chi connectivity index (χ3n) is 2.04. The molecular weight excluding hydrogens is 179 g/mol. The molecule has 0 saturated carbocycles. The lowest BCUT2D eigenvalue weighted by Gasteiger charge is -2.15. The van der Waals surface area contributed by atoms with Gasteiger partial charge in [-0.25, -0.2) is 4.39 Å². The van der Waals surface area contributed by atoms with Crippen LogP contribution in [-0.2, 0) is 0 Å². The molecule has 0 bridgehead atoms. The first-order valence-electron chi connectivity index (χ1n) is 4.54. The smallest absolute Gasteiger partial charge is 0.123 e. The lowest BCUT2D eigenvalue weighted by Crippen LogP contribution is -2.27. The molecule has 2 atom stereocenters. The molecule has 0 aliphatic carbocycles. The van der Waals surface area contributed by atoms with E-state index in [1.165, 1.54) is 12.1 Å². The molecule has 2 nitrogen and oxygen atoms in total. The van der Waals surface area contributed by atoms with E-state index >= 15 is 0 Å². The second-order valence-electron chi connectivity index (χ2n) is 3.29. The monoisotopic (exact) mass is 192 g/mol. The summed E-state index contributed by atoms with van der Waals surface area (Å²) in [7, 11) is 0. The standard InChI is InChI=1S/C11H13FN2/c1-8(7-13)14-9(2)10-4-3-5-11(12)6-10/h3-6,8-9,14H,1-2H3/t8?,9-/m1/s1. The molecule has 1 unspecified atom stereocenters. The summed E-state index contributed by atoms with van der Waals surface area (Å²) >= 11 is 0. The van der Waals surface area contributed by atoms with E-state index in [-0.39, 0.29) is 17.9 Å². The predicted octanol–water partition coefficient (Wildman–Crippen LogP) is 2.39. The van der Waals surface area contributed by atoms with Crippen LogP contribution in [0.15, 0.2) is 24.3 Å². The van der Waals surface area contributed by atoms with Crippen molar-refractivity contribution in [2.75, 3.05) is 0 Å². The Kier molecular flexibility index (Phi) is 3.61. The van der Waals surface area contributed by atoms with E-state index in [1.54, 1.807) is 13.0 Å². The van der Waals surface area contributed by atoms with E-state index in [2.05, 4.69) is 11.4 Å². The van der Waals surface area contributed by atoms with Gasteiger partial charge < -0.3 is 0 Å². The number of rotatable bonds is 3. The fourth-order valence-electron chi connectivity index (χ4n) is 1.28. The zero-order chi connectivity index (χ0) is 10.6. The second-order valence-corrected chi connectivity index (χ2v) is 3.29. The quantitative estimate of drug-likeness (QED) is 0.798. The molecule has 1 rings (SSSR count). The molecule has 3 heteroatoms. The van der Waals surface area contributed by atoms with E-state index < -0.39 is 0 Å². The topological polar surface area (TPSA) is 35.8 Å². The summed E-state index contributed by atoms with van der Waals surface area (Å²) in [6.45, 7) is 3.68. The van der Waals surface area contributed by atoms with Crippen molar-refractivity contribution in [2.45, 2.75) is 25.9 Å². The summed E-state index contributed by atoms with van der Waals surface area (Å²) in [5.41, 5.74) is 0.854. The van der Waals surface area contributed by atoms with Crippen LogP contribution in [0.4, 0.5) is 4.39 Å². The molecule has 0 heterocycles. The van der Waals surface area contributed by atoms with Gasteiger partial charge in [-0.3, -0.25) is 5.32 Å². The van der Waals surface area contributed by atoms with Crippen LogP contribution >= 0.6 is 0 Å². The summed E-state index contributed by atoms with van der Waals surface area (Å²) in [5, 5.41) is 11.6. The van der Waals surface area contributed by atoms with Crippen molar-refractivity contribution >= 4 is 0 Å². The maximum atomic E-state index is 12.9.